The smallest absolute Gasteiger partial charge is 0.173 e. The van der Waals surface area contributed by atoms with Crippen LogP contribution in [-0.4, -0.2) is 86.5 Å². The molecule has 4 aliphatic heterocycles. The first-order valence-electron chi connectivity index (χ1n) is 10.8. The molecule has 166 valence electrons. The summed E-state index contributed by atoms with van der Waals surface area (Å²) in [6.45, 7) is 5.05. The van der Waals surface area contributed by atoms with Gasteiger partial charge in [0.05, 0.1) is 39.6 Å². The van der Waals surface area contributed by atoms with Gasteiger partial charge in [-0.3, -0.25) is 0 Å². The number of rotatable bonds is 6. The quantitative estimate of drug-likeness (QED) is 0.693. The predicted molar refractivity (Wildman–Crippen MR) is 106 cm³/mol. The summed E-state index contributed by atoms with van der Waals surface area (Å²) in [6, 6.07) is 0. The van der Waals surface area contributed by atoms with E-state index in [0.29, 0.717) is 64.4 Å². The Kier molecular flexibility index (Phi) is 6.03. The molecule has 4 saturated heterocycles. The molecule has 2 N–H and O–H groups in total. The lowest BCUT2D eigenvalue weighted by atomic mass is 10.1. The molecule has 4 fully saturated rings. The molecule has 2 spiro atoms. The second kappa shape index (κ2) is 8.89. The topological polar surface area (TPSA) is 105 Å². The highest BCUT2D eigenvalue weighted by atomic mass is 16.8. The van der Waals surface area contributed by atoms with Crippen LogP contribution in [0.5, 0.6) is 0 Å². The largest absolute Gasteiger partial charge is 0.381 e. The SMILES string of the molecule is c1cnc(NCC2COC3(CCOCC3)O2)c(NCC2COC3(CCOCC3)O2)n1. The maximum absolute atomic E-state index is 6.18. The van der Waals surface area contributed by atoms with Crippen molar-refractivity contribution in [3.8, 4) is 0 Å². The van der Waals surface area contributed by atoms with Crippen LogP contribution in [0.15, 0.2) is 12.4 Å². The molecule has 5 heterocycles. The van der Waals surface area contributed by atoms with E-state index in [4.69, 9.17) is 28.4 Å². The van der Waals surface area contributed by atoms with Crippen molar-refractivity contribution in [3.63, 3.8) is 0 Å². The zero-order valence-corrected chi connectivity index (χ0v) is 17.1. The van der Waals surface area contributed by atoms with Gasteiger partial charge >= 0.3 is 0 Å². The van der Waals surface area contributed by atoms with Gasteiger partial charge in [-0.05, 0) is 0 Å². The second-order valence-corrected chi connectivity index (χ2v) is 8.16. The Labute approximate surface area is 175 Å². The molecule has 10 nitrogen and oxygen atoms in total. The van der Waals surface area contributed by atoms with Gasteiger partial charge in [-0.1, -0.05) is 0 Å². The van der Waals surface area contributed by atoms with E-state index in [1.165, 1.54) is 0 Å². The molecule has 0 bridgehead atoms. The number of aromatic nitrogens is 2. The first kappa shape index (κ1) is 20.3. The van der Waals surface area contributed by atoms with Crippen LogP contribution in [0.25, 0.3) is 0 Å². The normalized spacial score (nSPS) is 30.0. The van der Waals surface area contributed by atoms with E-state index >= 15 is 0 Å². The summed E-state index contributed by atoms with van der Waals surface area (Å²) in [6.07, 6.45) is 6.39. The van der Waals surface area contributed by atoms with Gasteiger partial charge in [0.1, 0.15) is 12.2 Å². The average Bonchev–Trinajstić information content (AvgIpc) is 3.36. The summed E-state index contributed by atoms with van der Waals surface area (Å²) in [5.74, 6) is 0.421. The third-order valence-electron chi connectivity index (χ3n) is 6.03. The van der Waals surface area contributed by atoms with Crippen LogP contribution < -0.4 is 10.6 Å². The number of ether oxygens (including phenoxy) is 6. The molecule has 1 aromatic heterocycles. The van der Waals surface area contributed by atoms with Gasteiger partial charge in [-0.25, -0.2) is 9.97 Å². The van der Waals surface area contributed by atoms with E-state index in [2.05, 4.69) is 20.6 Å². The van der Waals surface area contributed by atoms with Crippen LogP contribution in [0.4, 0.5) is 11.6 Å². The predicted octanol–water partition coefficient (Wildman–Crippen LogP) is 1.14. The zero-order chi connectivity index (χ0) is 20.3. The summed E-state index contributed by atoms with van der Waals surface area (Å²) in [5.41, 5.74) is 0. The van der Waals surface area contributed by atoms with Gasteiger partial charge in [0.25, 0.3) is 0 Å². The summed E-state index contributed by atoms with van der Waals surface area (Å²) >= 11 is 0. The highest BCUT2D eigenvalue weighted by molar-refractivity contribution is 5.58. The molecule has 0 saturated carbocycles. The Morgan fingerprint density at radius 2 is 1.17 bits per heavy atom. The third-order valence-corrected chi connectivity index (χ3v) is 6.03. The maximum atomic E-state index is 6.18. The van der Waals surface area contributed by atoms with Gasteiger partial charge in [0, 0.05) is 51.2 Å². The lowest BCUT2D eigenvalue weighted by molar-refractivity contribution is -0.210. The van der Waals surface area contributed by atoms with Crippen LogP contribution in [0.2, 0.25) is 0 Å². The molecule has 0 aromatic carbocycles. The monoisotopic (exact) mass is 422 g/mol. The fourth-order valence-electron chi connectivity index (χ4n) is 4.34. The minimum atomic E-state index is -0.478. The number of hydrogen-bond donors (Lipinski definition) is 2. The van der Waals surface area contributed by atoms with E-state index in [1.807, 2.05) is 0 Å². The third kappa shape index (κ3) is 4.53. The molecule has 0 radical (unpaired) electrons. The van der Waals surface area contributed by atoms with Crippen molar-refractivity contribution >= 4 is 11.6 Å². The Bertz CT molecular complexity index is 651. The second-order valence-electron chi connectivity index (χ2n) is 8.16. The Morgan fingerprint density at radius 3 is 1.60 bits per heavy atom. The van der Waals surface area contributed by atoms with Crippen LogP contribution >= 0.6 is 0 Å². The molecule has 30 heavy (non-hydrogen) atoms. The highest BCUT2D eigenvalue weighted by Gasteiger charge is 2.43. The van der Waals surface area contributed by atoms with E-state index < -0.39 is 11.6 Å². The summed E-state index contributed by atoms with van der Waals surface area (Å²) in [4.78, 5) is 8.86. The Morgan fingerprint density at radius 1 is 0.733 bits per heavy atom. The molecular weight excluding hydrogens is 392 g/mol. The number of nitrogens with one attached hydrogen (secondary N) is 2. The van der Waals surface area contributed by atoms with Crippen molar-refractivity contribution in [2.75, 3.05) is 63.4 Å². The minimum Gasteiger partial charge on any atom is -0.381 e. The van der Waals surface area contributed by atoms with Gasteiger partial charge in [0.15, 0.2) is 23.2 Å². The summed E-state index contributed by atoms with van der Waals surface area (Å²) in [5, 5.41) is 6.70. The fourth-order valence-corrected chi connectivity index (χ4v) is 4.34. The molecule has 0 amide bonds. The highest BCUT2D eigenvalue weighted by Crippen LogP contribution is 2.34. The zero-order valence-electron chi connectivity index (χ0n) is 17.1. The standard InChI is InChI=1S/C20H30N4O6/c1-7-25-8-2-19(1)27-13-15(29-19)11-23-17-18(22-6-5-21-17)24-12-16-14-28-20(30-16)3-9-26-10-4-20/h5-6,15-16H,1-4,7-14H2,(H,21,23)(H,22,24). The molecule has 1 aromatic rings. The van der Waals surface area contributed by atoms with Crippen molar-refractivity contribution in [2.45, 2.75) is 49.5 Å². The lowest BCUT2D eigenvalue weighted by Gasteiger charge is -2.31. The van der Waals surface area contributed by atoms with E-state index in [0.717, 1.165) is 25.7 Å². The fraction of sp³-hybridized carbons (Fsp3) is 0.800. The molecule has 0 aliphatic carbocycles. The molecular formula is C20H30N4O6. The van der Waals surface area contributed by atoms with Crippen LogP contribution in [0.3, 0.4) is 0 Å². The number of hydrogen-bond acceptors (Lipinski definition) is 10. The molecule has 4 aliphatic rings. The number of nitrogens with zero attached hydrogens (tertiary/aromatic N) is 2. The Hall–Kier alpha value is -1.56. The lowest BCUT2D eigenvalue weighted by Crippen LogP contribution is -2.38. The van der Waals surface area contributed by atoms with Crippen LogP contribution in [0.1, 0.15) is 25.7 Å². The van der Waals surface area contributed by atoms with Crippen molar-refractivity contribution in [1.29, 1.82) is 0 Å². The van der Waals surface area contributed by atoms with Crippen molar-refractivity contribution < 1.29 is 28.4 Å². The molecule has 5 rings (SSSR count). The molecule has 2 atom stereocenters. The average molecular weight is 422 g/mol. The number of anilines is 2. The Balaban J connectivity index is 1.12. The van der Waals surface area contributed by atoms with Gasteiger partial charge in [0.2, 0.25) is 0 Å². The van der Waals surface area contributed by atoms with Crippen molar-refractivity contribution in [1.82, 2.24) is 9.97 Å². The van der Waals surface area contributed by atoms with E-state index in [9.17, 15) is 0 Å². The van der Waals surface area contributed by atoms with E-state index in [-0.39, 0.29) is 12.2 Å². The van der Waals surface area contributed by atoms with Gasteiger partial charge in [-0.2, -0.15) is 0 Å². The molecule has 10 heteroatoms. The first-order valence-corrected chi connectivity index (χ1v) is 10.8. The van der Waals surface area contributed by atoms with Gasteiger partial charge in [-0.15, -0.1) is 0 Å². The van der Waals surface area contributed by atoms with Crippen LogP contribution in [0, 0.1) is 0 Å². The van der Waals surface area contributed by atoms with Crippen molar-refractivity contribution in [2.24, 2.45) is 0 Å². The molecule has 2 unspecified atom stereocenters. The summed E-state index contributed by atoms with van der Waals surface area (Å²) in [7, 11) is 0. The minimum absolute atomic E-state index is 0.0297. The first-order chi connectivity index (χ1) is 14.7. The van der Waals surface area contributed by atoms with Crippen molar-refractivity contribution in [3.05, 3.63) is 12.4 Å². The van der Waals surface area contributed by atoms with Gasteiger partial charge < -0.3 is 39.1 Å². The van der Waals surface area contributed by atoms with E-state index in [1.54, 1.807) is 12.4 Å². The van der Waals surface area contributed by atoms with Crippen LogP contribution in [-0.2, 0) is 28.4 Å². The maximum Gasteiger partial charge on any atom is 0.173 e. The summed E-state index contributed by atoms with van der Waals surface area (Å²) < 4.78 is 35.1.